The number of anilines is 1. The molecule has 3 nitrogen and oxygen atoms in total. The van der Waals surface area contributed by atoms with Crippen molar-refractivity contribution in [1.29, 1.82) is 0 Å². The van der Waals surface area contributed by atoms with Crippen LogP contribution >= 0.6 is 23.4 Å². The molecule has 1 aromatic rings. The molecule has 0 aromatic carbocycles. The van der Waals surface area contributed by atoms with E-state index >= 15 is 0 Å². The average Bonchev–Trinajstić information content (AvgIpc) is 2.27. The van der Waals surface area contributed by atoms with Gasteiger partial charge in [-0.3, -0.25) is 0 Å². The molecule has 0 radical (unpaired) electrons. The van der Waals surface area contributed by atoms with Crippen LogP contribution in [-0.4, -0.2) is 35.3 Å². The van der Waals surface area contributed by atoms with Gasteiger partial charge in [0.25, 0.3) is 0 Å². The first-order chi connectivity index (χ1) is 7.67. The lowest BCUT2D eigenvalue weighted by molar-refractivity contribution is 0.324. The summed E-state index contributed by atoms with van der Waals surface area (Å²) in [4.78, 5) is 6.59. The van der Waals surface area contributed by atoms with Gasteiger partial charge >= 0.3 is 0 Å². The van der Waals surface area contributed by atoms with E-state index in [1.807, 2.05) is 0 Å². The number of hydrogen-bond donors (Lipinski definition) is 1. The predicted octanol–water partition coefficient (Wildman–Crippen LogP) is 2.75. The first-order valence-corrected chi connectivity index (χ1v) is 6.79. The van der Waals surface area contributed by atoms with Crippen molar-refractivity contribution in [2.75, 3.05) is 31.1 Å². The quantitative estimate of drug-likeness (QED) is 0.798. The number of halogens is 1. The summed E-state index contributed by atoms with van der Waals surface area (Å²) >= 11 is 7.71. The van der Waals surface area contributed by atoms with Gasteiger partial charge in [-0.1, -0.05) is 25.4 Å². The topological polar surface area (TPSA) is 42.2 Å². The molecular weight excluding hydrogens is 242 g/mol. The molecule has 0 unspecified atom stereocenters. The van der Waals surface area contributed by atoms with Crippen molar-refractivity contribution < 1.29 is 0 Å². The fourth-order valence-electron chi connectivity index (χ4n) is 1.36. The van der Waals surface area contributed by atoms with Crippen molar-refractivity contribution in [2.45, 2.75) is 18.9 Å². The van der Waals surface area contributed by atoms with E-state index in [4.69, 9.17) is 17.3 Å². The standard InChI is InChI=1S/C11H18ClN3S/c1-3-15(4-2)5-6-16-11-10(12)7-9(13)8-14-11/h7-8H,3-6,13H2,1-2H3. The molecule has 0 bridgehead atoms. The minimum Gasteiger partial charge on any atom is -0.397 e. The number of nitrogens with zero attached hydrogens (tertiary/aromatic N) is 2. The Kier molecular flexibility index (Phi) is 5.95. The lowest BCUT2D eigenvalue weighted by Crippen LogP contribution is -2.25. The average molecular weight is 260 g/mol. The minimum absolute atomic E-state index is 0.609. The number of nitrogen functional groups attached to an aromatic ring is 1. The van der Waals surface area contributed by atoms with E-state index < -0.39 is 0 Å². The maximum absolute atomic E-state index is 6.04. The van der Waals surface area contributed by atoms with Gasteiger partial charge in [0.15, 0.2) is 0 Å². The van der Waals surface area contributed by atoms with Crippen LogP contribution in [0.2, 0.25) is 5.02 Å². The second kappa shape index (κ2) is 6.99. The molecule has 0 saturated carbocycles. The number of thioether (sulfide) groups is 1. The molecule has 0 aliphatic rings. The first kappa shape index (κ1) is 13.6. The van der Waals surface area contributed by atoms with Crippen molar-refractivity contribution in [3.63, 3.8) is 0 Å². The van der Waals surface area contributed by atoms with Gasteiger partial charge in [-0.15, -0.1) is 11.8 Å². The fourth-order valence-corrected chi connectivity index (χ4v) is 2.56. The number of rotatable bonds is 6. The Bertz CT molecular complexity index is 329. The van der Waals surface area contributed by atoms with Crippen LogP contribution in [0.25, 0.3) is 0 Å². The molecule has 0 aliphatic heterocycles. The van der Waals surface area contributed by atoms with Crippen molar-refractivity contribution >= 4 is 29.1 Å². The van der Waals surface area contributed by atoms with Gasteiger partial charge in [-0.05, 0) is 19.2 Å². The van der Waals surface area contributed by atoms with E-state index in [2.05, 4.69) is 23.7 Å². The molecule has 0 amide bonds. The smallest absolute Gasteiger partial charge is 0.115 e. The van der Waals surface area contributed by atoms with E-state index in [0.717, 1.165) is 30.4 Å². The fraction of sp³-hybridized carbons (Fsp3) is 0.545. The Labute approximate surface area is 106 Å². The third-order valence-corrected chi connectivity index (χ3v) is 3.75. The minimum atomic E-state index is 0.609. The van der Waals surface area contributed by atoms with E-state index in [1.165, 1.54) is 0 Å². The molecule has 0 fully saturated rings. The first-order valence-electron chi connectivity index (χ1n) is 5.43. The van der Waals surface area contributed by atoms with Crippen LogP contribution < -0.4 is 5.73 Å². The van der Waals surface area contributed by atoms with Gasteiger partial charge in [0, 0.05) is 12.3 Å². The normalized spacial score (nSPS) is 11.0. The van der Waals surface area contributed by atoms with Gasteiger partial charge in [0.1, 0.15) is 5.03 Å². The SMILES string of the molecule is CCN(CC)CCSc1ncc(N)cc1Cl. The van der Waals surface area contributed by atoms with Crippen LogP contribution in [0.5, 0.6) is 0 Å². The zero-order valence-electron chi connectivity index (χ0n) is 9.74. The zero-order chi connectivity index (χ0) is 12.0. The van der Waals surface area contributed by atoms with E-state index in [1.54, 1.807) is 24.0 Å². The van der Waals surface area contributed by atoms with Gasteiger partial charge < -0.3 is 10.6 Å². The summed E-state index contributed by atoms with van der Waals surface area (Å²) in [5.41, 5.74) is 6.19. The molecule has 1 aromatic heterocycles. The Hall–Kier alpha value is -0.450. The monoisotopic (exact) mass is 259 g/mol. The highest BCUT2D eigenvalue weighted by atomic mass is 35.5. The molecule has 2 N–H and O–H groups in total. The van der Waals surface area contributed by atoms with Crippen molar-refractivity contribution in [2.24, 2.45) is 0 Å². The molecular formula is C11H18ClN3S. The molecule has 90 valence electrons. The highest BCUT2D eigenvalue weighted by Crippen LogP contribution is 2.26. The number of nitrogens with two attached hydrogens (primary N) is 1. The molecule has 1 heterocycles. The Balaban J connectivity index is 2.42. The second-order valence-corrected chi connectivity index (χ2v) is 4.92. The zero-order valence-corrected chi connectivity index (χ0v) is 11.3. The molecule has 16 heavy (non-hydrogen) atoms. The van der Waals surface area contributed by atoms with Crippen LogP contribution in [0.4, 0.5) is 5.69 Å². The van der Waals surface area contributed by atoms with Crippen molar-refractivity contribution in [3.05, 3.63) is 17.3 Å². The number of hydrogen-bond acceptors (Lipinski definition) is 4. The van der Waals surface area contributed by atoms with E-state index in [9.17, 15) is 0 Å². The van der Waals surface area contributed by atoms with Gasteiger partial charge in [0.05, 0.1) is 16.9 Å². The van der Waals surface area contributed by atoms with E-state index in [-0.39, 0.29) is 0 Å². The summed E-state index contributed by atoms with van der Waals surface area (Å²) in [6, 6.07) is 1.74. The van der Waals surface area contributed by atoms with Crippen LogP contribution in [-0.2, 0) is 0 Å². The van der Waals surface area contributed by atoms with Gasteiger partial charge in [0.2, 0.25) is 0 Å². The maximum Gasteiger partial charge on any atom is 0.115 e. The lowest BCUT2D eigenvalue weighted by atomic mass is 10.4. The summed E-state index contributed by atoms with van der Waals surface area (Å²) in [5, 5.41) is 1.51. The van der Waals surface area contributed by atoms with Crippen LogP contribution in [0, 0.1) is 0 Å². The molecule has 1 rings (SSSR count). The Morgan fingerprint density at radius 1 is 1.44 bits per heavy atom. The van der Waals surface area contributed by atoms with Gasteiger partial charge in [-0.25, -0.2) is 4.98 Å². The molecule has 0 saturated heterocycles. The lowest BCUT2D eigenvalue weighted by Gasteiger charge is -2.17. The van der Waals surface area contributed by atoms with Crippen molar-refractivity contribution in [3.8, 4) is 0 Å². The third kappa shape index (κ3) is 4.20. The number of pyridine rings is 1. The van der Waals surface area contributed by atoms with Gasteiger partial charge in [-0.2, -0.15) is 0 Å². The van der Waals surface area contributed by atoms with Crippen LogP contribution in [0.1, 0.15) is 13.8 Å². The summed E-state index contributed by atoms with van der Waals surface area (Å²) < 4.78 is 0. The molecule has 0 atom stereocenters. The Morgan fingerprint density at radius 2 is 2.12 bits per heavy atom. The third-order valence-electron chi connectivity index (χ3n) is 2.37. The summed E-state index contributed by atoms with van der Waals surface area (Å²) in [5.74, 6) is 0.998. The molecule has 0 aliphatic carbocycles. The highest BCUT2D eigenvalue weighted by Gasteiger charge is 2.04. The number of aromatic nitrogens is 1. The Morgan fingerprint density at radius 3 is 2.69 bits per heavy atom. The summed E-state index contributed by atoms with van der Waals surface area (Å²) in [6.07, 6.45) is 1.64. The largest absolute Gasteiger partial charge is 0.397 e. The maximum atomic E-state index is 6.04. The van der Waals surface area contributed by atoms with Crippen LogP contribution in [0.3, 0.4) is 0 Å². The predicted molar refractivity (Wildman–Crippen MR) is 72.2 cm³/mol. The molecule has 5 heteroatoms. The van der Waals surface area contributed by atoms with E-state index in [0.29, 0.717) is 10.7 Å². The highest BCUT2D eigenvalue weighted by molar-refractivity contribution is 7.99. The molecule has 0 spiro atoms. The second-order valence-electron chi connectivity index (χ2n) is 3.43. The summed E-state index contributed by atoms with van der Waals surface area (Å²) in [7, 11) is 0. The summed E-state index contributed by atoms with van der Waals surface area (Å²) in [6.45, 7) is 7.56. The van der Waals surface area contributed by atoms with Crippen LogP contribution in [0.15, 0.2) is 17.3 Å². The van der Waals surface area contributed by atoms with Crippen molar-refractivity contribution in [1.82, 2.24) is 9.88 Å².